The summed E-state index contributed by atoms with van der Waals surface area (Å²) in [7, 11) is 0. The zero-order valence-corrected chi connectivity index (χ0v) is 16.1. The molecule has 2 nitrogen and oxygen atoms in total. The van der Waals surface area contributed by atoms with Gasteiger partial charge in [-0.3, -0.25) is 4.79 Å². The number of hydrogen-bond donors (Lipinski definition) is 0. The van der Waals surface area contributed by atoms with Crippen molar-refractivity contribution in [2.45, 2.75) is 92.4 Å². The molecule has 0 fully saturated rings. The smallest absolute Gasteiger partial charge is 0.306 e. The molecule has 0 aromatic rings. The van der Waals surface area contributed by atoms with Crippen LogP contribution in [0, 0.1) is 5.92 Å². The van der Waals surface area contributed by atoms with Gasteiger partial charge in [0, 0.05) is 6.42 Å². The second kappa shape index (κ2) is 14.5. The molecule has 2 heteroatoms. The monoisotopic (exact) mass is 322 g/mol. The van der Waals surface area contributed by atoms with Crippen LogP contribution in [-0.2, 0) is 9.53 Å². The van der Waals surface area contributed by atoms with E-state index >= 15 is 0 Å². The standard InChI is InChI=1S/C21H38O2/c1-6-19(4)13-9-7-8-10-15-21(22)23-17-16-20(5)14-11-12-18(2)3/h12,16,19H,6-11,13-15,17H2,1-5H3/b20-16-. The van der Waals surface area contributed by atoms with Crippen LogP contribution in [0.2, 0.25) is 0 Å². The van der Waals surface area contributed by atoms with E-state index in [4.69, 9.17) is 4.74 Å². The number of carbonyl (C=O) groups is 1. The zero-order chi connectivity index (χ0) is 17.5. The first-order valence-electron chi connectivity index (χ1n) is 9.40. The lowest BCUT2D eigenvalue weighted by Crippen LogP contribution is -2.04. The van der Waals surface area contributed by atoms with Crippen LogP contribution < -0.4 is 0 Å². The van der Waals surface area contributed by atoms with Gasteiger partial charge in [0.1, 0.15) is 6.61 Å². The van der Waals surface area contributed by atoms with E-state index in [-0.39, 0.29) is 5.97 Å². The van der Waals surface area contributed by atoms with Crippen LogP contribution in [0.3, 0.4) is 0 Å². The third-order valence-corrected chi connectivity index (χ3v) is 4.29. The summed E-state index contributed by atoms with van der Waals surface area (Å²) in [5.41, 5.74) is 2.65. The van der Waals surface area contributed by atoms with Crippen molar-refractivity contribution in [2.75, 3.05) is 6.61 Å². The summed E-state index contributed by atoms with van der Waals surface area (Å²) in [4.78, 5) is 11.7. The van der Waals surface area contributed by atoms with Gasteiger partial charge in [-0.1, -0.05) is 63.2 Å². The first-order chi connectivity index (χ1) is 11.0. The molecule has 0 aliphatic rings. The molecule has 0 saturated carbocycles. The lowest BCUT2D eigenvalue weighted by Gasteiger charge is -2.07. The third kappa shape index (κ3) is 15.6. The molecule has 0 aliphatic heterocycles. The van der Waals surface area contributed by atoms with E-state index in [0.29, 0.717) is 13.0 Å². The molecule has 0 aliphatic carbocycles. The van der Waals surface area contributed by atoms with Crippen molar-refractivity contribution in [2.24, 2.45) is 5.92 Å². The second-order valence-electron chi connectivity index (χ2n) is 7.02. The van der Waals surface area contributed by atoms with E-state index in [1.807, 2.05) is 6.08 Å². The maximum atomic E-state index is 11.7. The Balaban J connectivity index is 3.58. The summed E-state index contributed by atoms with van der Waals surface area (Å²) in [6.07, 6.45) is 14.2. The molecule has 0 rings (SSSR count). The Bertz CT molecular complexity index is 362. The maximum absolute atomic E-state index is 11.7. The number of rotatable bonds is 13. The van der Waals surface area contributed by atoms with Crippen LogP contribution in [0.5, 0.6) is 0 Å². The topological polar surface area (TPSA) is 26.3 Å². The van der Waals surface area contributed by atoms with Crippen LogP contribution >= 0.6 is 0 Å². The molecule has 1 unspecified atom stereocenters. The molecule has 23 heavy (non-hydrogen) atoms. The van der Waals surface area contributed by atoms with Gasteiger partial charge in [0.15, 0.2) is 0 Å². The normalized spacial score (nSPS) is 12.8. The molecule has 0 radical (unpaired) electrons. The number of ether oxygens (including phenoxy) is 1. The molecule has 0 spiro atoms. The molecular formula is C21H38O2. The van der Waals surface area contributed by atoms with E-state index < -0.39 is 0 Å². The van der Waals surface area contributed by atoms with Crippen molar-refractivity contribution in [3.8, 4) is 0 Å². The van der Waals surface area contributed by atoms with Gasteiger partial charge in [-0.25, -0.2) is 0 Å². The summed E-state index contributed by atoms with van der Waals surface area (Å²) in [6, 6.07) is 0. The number of unbranched alkanes of at least 4 members (excludes halogenated alkanes) is 3. The molecule has 134 valence electrons. The Hall–Kier alpha value is -1.05. The highest BCUT2D eigenvalue weighted by Crippen LogP contribution is 2.13. The van der Waals surface area contributed by atoms with Gasteiger partial charge in [-0.15, -0.1) is 0 Å². The van der Waals surface area contributed by atoms with E-state index in [9.17, 15) is 4.79 Å². The number of allylic oxidation sites excluding steroid dienone is 3. The fourth-order valence-corrected chi connectivity index (χ4v) is 2.36. The van der Waals surface area contributed by atoms with E-state index in [0.717, 1.165) is 31.6 Å². The molecule has 0 heterocycles. The molecular weight excluding hydrogens is 284 g/mol. The first-order valence-corrected chi connectivity index (χ1v) is 9.40. The van der Waals surface area contributed by atoms with E-state index in [1.165, 1.54) is 36.8 Å². The number of hydrogen-bond acceptors (Lipinski definition) is 2. The van der Waals surface area contributed by atoms with Crippen molar-refractivity contribution < 1.29 is 9.53 Å². The van der Waals surface area contributed by atoms with E-state index in [1.54, 1.807) is 0 Å². The Morgan fingerprint density at radius 1 is 1.00 bits per heavy atom. The van der Waals surface area contributed by atoms with Gasteiger partial charge in [0.25, 0.3) is 0 Å². The van der Waals surface area contributed by atoms with Crippen LogP contribution in [0.15, 0.2) is 23.3 Å². The first kappa shape index (κ1) is 21.9. The van der Waals surface area contributed by atoms with Crippen molar-refractivity contribution in [1.29, 1.82) is 0 Å². The molecule has 0 bridgehead atoms. The summed E-state index contributed by atoms with van der Waals surface area (Å²) in [5.74, 6) is 0.784. The minimum absolute atomic E-state index is 0.0553. The predicted molar refractivity (Wildman–Crippen MR) is 101 cm³/mol. The van der Waals surface area contributed by atoms with Crippen LogP contribution in [0.1, 0.15) is 92.4 Å². The molecule has 0 saturated heterocycles. The largest absolute Gasteiger partial charge is 0.461 e. The van der Waals surface area contributed by atoms with Crippen molar-refractivity contribution in [1.82, 2.24) is 0 Å². The summed E-state index contributed by atoms with van der Waals surface area (Å²) in [6.45, 7) is 11.3. The summed E-state index contributed by atoms with van der Waals surface area (Å²) < 4.78 is 5.27. The molecule has 0 N–H and O–H groups in total. The fourth-order valence-electron chi connectivity index (χ4n) is 2.36. The molecule has 0 aromatic heterocycles. The predicted octanol–water partition coefficient (Wildman–Crippen LogP) is 6.61. The fraction of sp³-hybridized carbons (Fsp3) is 0.762. The third-order valence-electron chi connectivity index (χ3n) is 4.29. The van der Waals surface area contributed by atoms with Gasteiger partial charge >= 0.3 is 5.97 Å². The molecule has 0 amide bonds. The highest BCUT2D eigenvalue weighted by molar-refractivity contribution is 5.69. The lowest BCUT2D eigenvalue weighted by atomic mass is 10.0. The Kier molecular flexibility index (Phi) is 13.9. The van der Waals surface area contributed by atoms with Gasteiger partial charge in [-0.05, 0) is 52.0 Å². The minimum Gasteiger partial charge on any atom is -0.461 e. The van der Waals surface area contributed by atoms with Crippen LogP contribution in [-0.4, -0.2) is 12.6 Å². The Labute approximate surface area is 144 Å². The summed E-state index contributed by atoms with van der Waals surface area (Å²) >= 11 is 0. The van der Waals surface area contributed by atoms with E-state index in [2.05, 4.69) is 40.7 Å². The highest BCUT2D eigenvalue weighted by Gasteiger charge is 2.02. The summed E-state index contributed by atoms with van der Waals surface area (Å²) in [5, 5.41) is 0. The SMILES string of the molecule is CCC(C)CCCCCCC(=O)OC/C=C(/C)CCC=C(C)C. The van der Waals surface area contributed by atoms with Crippen molar-refractivity contribution in [3.63, 3.8) is 0 Å². The molecule has 1 atom stereocenters. The average Bonchev–Trinajstić information content (AvgIpc) is 2.50. The average molecular weight is 323 g/mol. The minimum atomic E-state index is -0.0553. The molecule has 0 aromatic carbocycles. The lowest BCUT2D eigenvalue weighted by molar-refractivity contribution is -0.142. The van der Waals surface area contributed by atoms with Crippen molar-refractivity contribution >= 4 is 5.97 Å². The van der Waals surface area contributed by atoms with Gasteiger partial charge in [0.05, 0.1) is 0 Å². The Morgan fingerprint density at radius 3 is 2.35 bits per heavy atom. The van der Waals surface area contributed by atoms with Gasteiger partial charge in [0.2, 0.25) is 0 Å². The quantitative estimate of drug-likeness (QED) is 0.217. The zero-order valence-electron chi connectivity index (χ0n) is 16.1. The highest BCUT2D eigenvalue weighted by atomic mass is 16.5. The maximum Gasteiger partial charge on any atom is 0.306 e. The van der Waals surface area contributed by atoms with Gasteiger partial charge < -0.3 is 4.74 Å². The number of carbonyl (C=O) groups excluding carboxylic acids is 1. The van der Waals surface area contributed by atoms with Crippen molar-refractivity contribution in [3.05, 3.63) is 23.3 Å². The van der Waals surface area contributed by atoms with Crippen LogP contribution in [0.4, 0.5) is 0 Å². The second-order valence-corrected chi connectivity index (χ2v) is 7.02. The number of esters is 1. The van der Waals surface area contributed by atoms with Gasteiger partial charge in [-0.2, -0.15) is 0 Å². The Morgan fingerprint density at radius 2 is 1.70 bits per heavy atom. The van der Waals surface area contributed by atoms with Crippen LogP contribution in [0.25, 0.3) is 0 Å².